The number of hydrogen-bond donors (Lipinski definition) is 1. The molecule has 1 aromatic carbocycles. The SMILES string of the molecule is CN(C(=O)[C@@H]1CCCNC1)c1ccccc1F. The Morgan fingerprint density at radius 3 is 2.88 bits per heavy atom. The minimum Gasteiger partial charge on any atom is -0.316 e. The molecule has 1 heterocycles. The molecule has 1 amide bonds. The van der Waals surface area contributed by atoms with Gasteiger partial charge in [0.25, 0.3) is 0 Å². The molecular formula is C13H17FN2O. The molecule has 0 unspecified atom stereocenters. The zero-order chi connectivity index (χ0) is 12.3. The third-order valence-electron chi connectivity index (χ3n) is 3.19. The smallest absolute Gasteiger partial charge is 0.231 e. The van der Waals surface area contributed by atoms with Gasteiger partial charge in [-0.15, -0.1) is 0 Å². The van der Waals surface area contributed by atoms with Crippen LogP contribution in [0.4, 0.5) is 10.1 Å². The van der Waals surface area contributed by atoms with Crippen molar-refractivity contribution < 1.29 is 9.18 Å². The van der Waals surface area contributed by atoms with Gasteiger partial charge in [-0.3, -0.25) is 4.79 Å². The zero-order valence-corrected chi connectivity index (χ0v) is 9.95. The lowest BCUT2D eigenvalue weighted by Gasteiger charge is -2.27. The number of amides is 1. The van der Waals surface area contributed by atoms with Gasteiger partial charge in [0.1, 0.15) is 5.82 Å². The molecule has 0 saturated carbocycles. The van der Waals surface area contributed by atoms with Crippen LogP contribution in [-0.2, 0) is 4.79 Å². The second-order valence-electron chi connectivity index (χ2n) is 4.39. The molecule has 1 N–H and O–H groups in total. The average Bonchev–Trinajstić information content (AvgIpc) is 2.39. The first kappa shape index (κ1) is 12.0. The predicted molar refractivity (Wildman–Crippen MR) is 65.4 cm³/mol. The van der Waals surface area contributed by atoms with E-state index >= 15 is 0 Å². The molecule has 1 fully saturated rings. The van der Waals surface area contributed by atoms with Crippen LogP contribution >= 0.6 is 0 Å². The van der Waals surface area contributed by atoms with E-state index in [1.807, 2.05) is 0 Å². The van der Waals surface area contributed by atoms with Crippen LogP contribution in [0, 0.1) is 11.7 Å². The Morgan fingerprint density at radius 1 is 1.47 bits per heavy atom. The first-order chi connectivity index (χ1) is 8.20. The molecule has 1 aliphatic heterocycles. The summed E-state index contributed by atoms with van der Waals surface area (Å²) in [4.78, 5) is 13.6. The van der Waals surface area contributed by atoms with Crippen LogP contribution in [0.15, 0.2) is 24.3 Å². The summed E-state index contributed by atoms with van der Waals surface area (Å²) < 4.78 is 13.6. The normalized spacial score (nSPS) is 20.0. The molecule has 17 heavy (non-hydrogen) atoms. The van der Waals surface area contributed by atoms with Crippen molar-refractivity contribution in [3.63, 3.8) is 0 Å². The standard InChI is InChI=1S/C13H17FN2O/c1-16(12-7-3-2-6-11(12)14)13(17)10-5-4-8-15-9-10/h2-3,6-7,10,15H,4-5,8-9H2,1H3/t10-/m1/s1. The van der Waals surface area contributed by atoms with Gasteiger partial charge in [-0.1, -0.05) is 12.1 Å². The topological polar surface area (TPSA) is 32.3 Å². The highest BCUT2D eigenvalue weighted by atomic mass is 19.1. The van der Waals surface area contributed by atoms with Gasteiger partial charge < -0.3 is 10.2 Å². The van der Waals surface area contributed by atoms with Crippen molar-refractivity contribution in [3.05, 3.63) is 30.1 Å². The van der Waals surface area contributed by atoms with E-state index in [0.717, 1.165) is 19.4 Å². The van der Waals surface area contributed by atoms with E-state index in [2.05, 4.69) is 5.32 Å². The molecule has 1 aliphatic rings. The zero-order valence-electron chi connectivity index (χ0n) is 9.95. The number of halogens is 1. The second-order valence-corrected chi connectivity index (χ2v) is 4.39. The molecule has 0 radical (unpaired) electrons. The number of nitrogens with zero attached hydrogens (tertiary/aromatic N) is 1. The monoisotopic (exact) mass is 236 g/mol. The van der Waals surface area contributed by atoms with E-state index in [1.54, 1.807) is 25.2 Å². The van der Waals surface area contributed by atoms with Gasteiger partial charge in [-0.05, 0) is 31.5 Å². The van der Waals surface area contributed by atoms with Gasteiger partial charge in [0.2, 0.25) is 5.91 Å². The third-order valence-corrected chi connectivity index (χ3v) is 3.19. The van der Waals surface area contributed by atoms with Gasteiger partial charge in [0.15, 0.2) is 0 Å². The van der Waals surface area contributed by atoms with Gasteiger partial charge >= 0.3 is 0 Å². The molecule has 2 rings (SSSR count). The van der Waals surface area contributed by atoms with E-state index < -0.39 is 0 Å². The summed E-state index contributed by atoms with van der Waals surface area (Å²) in [6.45, 7) is 1.66. The van der Waals surface area contributed by atoms with E-state index in [-0.39, 0.29) is 17.6 Å². The molecule has 0 aliphatic carbocycles. The fraction of sp³-hybridized carbons (Fsp3) is 0.462. The number of benzene rings is 1. The fourth-order valence-corrected chi connectivity index (χ4v) is 2.18. The number of nitrogens with one attached hydrogen (secondary N) is 1. The third kappa shape index (κ3) is 2.64. The van der Waals surface area contributed by atoms with E-state index in [1.165, 1.54) is 11.0 Å². The largest absolute Gasteiger partial charge is 0.316 e. The highest BCUT2D eigenvalue weighted by Crippen LogP contribution is 2.21. The lowest BCUT2D eigenvalue weighted by molar-refractivity contribution is -0.122. The fourth-order valence-electron chi connectivity index (χ4n) is 2.18. The van der Waals surface area contributed by atoms with Crippen molar-refractivity contribution in [2.24, 2.45) is 5.92 Å². The quantitative estimate of drug-likeness (QED) is 0.849. The Hall–Kier alpha value is -1.42. The maximum Gasteiger partial charge on any atom is 0.231 e. The van der Waals surface area contributed by atoms with E-state index in [4.69, 9.17) is 0 Å². The summed E-state index contributed by atoms with van der Waals surface area (Å²) in [5, 5.41) is 3.20. The van der Waals surface area contributed by atoms with Crippen molar-refractivity contribution in [1.29, 1.82) is 0 Å². The summed E-state index contributed by atoms with van der Waals surface area (Å²) in [5.41, 5.74) is 0.350. The summed E-state index contributed by atoms with van der Waals surface area (Å²) in [7, 11) is 1.63. The Labute approximate surface area is 101 Å². The van der Waals surface area contributed by atoms with Crippen LogP contribution in [0.5, 0.6) is 0 Å². The summed E-state index contributed by atoms with van der Waals surface area (Å²) in [6.07, 6.45) is 1.88. The van der Waals surface area contributed by atoms with Gasteiger partial charge in [-0.25, -0.2) is 4.39 Å². The number of piperidine rings is 1. The highest BCUT2D eigenvalue weighted by Gasteiger charge is 2.25. The van der Waals surface area contributed by atoms with Crippen LogP contribution in [-0.4, -0.2) is 26.0 Å². The molecular weight excluding hydrogens is 219 g/mol. The number of para-hydroxylation sites is 1. The van der Waals surface area contributed by atoms with Crippen LogP contribution in [0.1, 0.15) is 12.8 Å². The minimum absolute atomic E-state index is 0.0118. The Kier molecular flexibility index (Phi) is 3.74. The Balaban J connectivity index is 2.11. The molecule has 0 spiro atoms. The molecule has 1 atom stereocenters. The number of carbonyl (C=O) groups excluding carboxylic acids is 1. The highest BCUT2D eigenvalue weighted by molar-refractivity contribution is 5.94. The van der Waals surface area contributed by atoms with Gasteiger partial charge in [0, 0.05) is 13.6 Å². The lowest BCUT2D eigenvalue weighted by Crippen LogP contribution is -2.41. The van der Waals surface area contributed by atoms with Gasteiger partial charge in [0.05, 0.1) is 11.6 Å². The molecule has 0 aromatic heterocycles. The minimum atomic E-state index is -0.355. The van der Waals surface area contributed by atoms with Crippen molar-refractivity contribution in [3.8, 4) is 0 Å². The Morgan fingerprint density at radius 2 is 2.24 bits per heavy atom. The van der Waals surface area contributed by atoms with Crippen molar-refractivity contribution in [2.45, 2.75) is 12.8 Å². The van der Waals surface area contributed by atoms with Crippen LogP contribution in [0.2, 0.25) is 0 Å². The van der Waals surface area contributed by atoms with Crippen LogP contribution < -0.4 is 10.2 Å². The van der Waals surface area contributed by atoms with Crippen molar-refractivity contribution in [2.75, 3.05) is 25.0 Å². The van der Waals surface area contributed by atoms with Crippen LogP contribution in [0.25, 0.3) is 0 Å². The molecule has 92 valence electrons. The molecule has 4 heteroatoms. The van der Waals surface area contributed by atoms with Gasteiger partial charge in [-0.2, -0.15) is 0 Å². The first-order valence-corrected chi connectivity index (χ1v) is 5.93. The maximum absolute atomic E-state index is 13.6. The molecule has 0 bridgehead atoms. The number of anilines is 1. The first-order valence-electron chi connectivity index (χ1n) is 5.93. The second kappa shape index (κ2) is 5.27. The summed E-state index contributed by atoms with van der Waals surface area (Å²) in [6, 6.07) is 6.36. The van der Waals surface area contributed by atoms with E-state index in [9.17, 15) is 9.18 Å². The predicted octanol–water partition coefficient (Wildman–Crippen LogP) is 1.79. The number of rotatable bonds is 2. The molecule has 1 saturated heterocycles. The summed E-state index contributed by atoms with van der Waals surface area (Å²) >= 11 is 0. The molecule has 1 aromatic rings. The average molecular weight is 236 g/mol. The van der Waals surface area contributed by atoms with Crippen molar-refractivity contribution >= 4 is 11.6 Å². The lowest BCUT2D eigenvalue weighted by atomic mass is 9.98. The van der Waals surface area contributed by atoms with E-state index in [0.29, 0.717) is 12.2 Å². The summed E-state index contributed by atoms with van der Waals surface area (Å²) in [5.74, 6) is -0.400. The number of hydrogen-bond acceptors (Lipinski definition) is 2. The Bertz CT molecular complexity index is 402. The van der Waals surface area contributed by atoms with Crippen LogP contribution in [0.3, 0.4) is 0 Å². The molecule has 3 nitrogen and oxygen atoms in total. The number of carbonyl (C=O) groups is 1. The maximum atomic E-state index is 13.6. The van der Waals surface area contributed by atoms with Crippen molar-refractivity contribution in [1.82, 2.24) is 5.32 Å².